The van der Waals surface area contributed by atoms with Crippen molar-refractivity contribution in [3.05, 3.63) is 70.8 Å². The SMILES string of the molecule is CCc1ccc(N2C(=O)C(=Cc3ccc(C)cc3)C(=O)NC2=S)cc1. The van der Waals surface area contributed by atoms with Crippen molar-refractivity contribution in [3.63, 3.8) is 0 Å². The Hall–Kier alpha value is -2.79. The van der Waals surface area contributed by atoms with Crippen molar-refractivity contribution in [3.8, 4) is 0 Å². The molecule has 1 aliphatic rings. The molecule has 1 saturated heterocycles. The van der Waals surface area contributed by atoms with E-state index in [9.17, 15) is 9.59 Å². The molecule has 25 heavy (non-hydrogen) atoms. The summed E-state index contributed by atoms with van der Waals surface area (Å²) in [7, 11) is 0. The standard InChI is InChI=1S/C20H18N2O2S/c1-3-14-8-10-16(11-9-14)22-19(24)17(18(23)21-20(22)25)12-15-6-4-13(2)5-7-15/h4-12H,3H2,1-2H3,(H,21,23,25). The molecule has 1 fully saturated rings. The van der Waals surface area contributed by atoms with Crippen LogP contribution in [0.25, 0.3) is 6.08 Å². The molecule has 2 amide bonds. The number of nitrogens with one attached hydrogen (secondary N) is 1. The average Bonchev–Trinajstić information content (AvgIpc) is 2.60. The van der Waals surface area contributed by atoms with E-state index in [0.717, 1.165) is 17.5 Å². The van der Waals surface area contributed by atoms with E-state index in [1.807, 2.05) is 55.5 Å². The van der Waals surface area contributed by atoms with Crippen LogP contribution in [0, 0.1) is 6.92 Å². The average molecular weight is 350 g/mol. The van der Waals surface area contributed by atoms with Crippen LogP contribution in [0.4, 0.5) is 5.69 Å². The summed E-state index contributed by atoms with van der Waals surface area (Å²) in [6.07, 6.45) is 2.50. The summed E-state index contributed by atoms with van der Waals surface area (Å²) < 4.78 is 0. The Kier molecular flexibility index (Phi) is 4.76. The summed E-state index contributed by atoms with van der Waals surface area (Å²) >= 11 is 5.21. The van der Waals surface area contributed by atoms with Crippen LogP contribution in [0.3, 0.4) is 0 Å². The Balaban J connectivity index is 1.97. The number of carbonyl (C=O) groups excluding carboxylic acids is 2. The number of benzene rings is 2. The summed E-state index contributed by atoms with van der Waals surface area (Å²) in [6, 6.07) is 15.2. The molecule has 3 rings (SSSR count). The van der Waals surface area contributed by atoms with Crippen LogP contribution in [-0.4, -0.2) is 16.9 Å². The number of aryl methyl sites for hydroxylation is 2. The maximum atomic E-state index is 12.9. The molecule has 0 bridgehead atoms. The number of nitrogens with zero attached hydrogens (tertiary/aromatic N) is 1. The summed E-state index contributed by atoms with van der Waals surface area (Å²) in [5.74, 6) is -0.893. The van der Waals surface area contributed by atoms with Gasteiger partial charge in [-0.25, -0.2) is 0 Å². The van der Waals surface area contributed by atoms with E-state index >= 15 is 0 Å². The van der Waals surface area contributed by atoms with Crippen molar-refractivity contribution >= 4 is 40.9 Å². The van der Waals surface area contributed by atoms with Gasteiger partial charge in [-0.1, -0.05) is 48.9 Å². The Morgan fingerprint density at radius 3 is 2.28 bits per heavy atom. The molecule has 0 aliphatic carbocycles. The summed E-state index contributed by atoms with van der Waals surface area (Å²) in [6.45, 7) is 4.05. The molecule has 2 aromatic carbocycles. The number of carbonyl (C=O) groups is 2. The normalized spacial score (nSPS) is 16.3. The highest BCUT2D eigenvalue weighted by molar-refractivity contribution is 7.80. The first-order valence-corrected chi connectivity index (χ1v) is 8.47. The molecule has 1 N–H and O–H groups in total. The second-order valence-electron chi connectivity index (χ2n) is 5.89. The lowest BCUT2D eigenvalue weighted by molar-refractivity contribution is -0.122. The maximum absolute atomic E-state index is 12.9. The van der Waals surface area contributed by atoms with E-state index in [1.165, 1.54) is 10.5 Å². The van der Waals surface area contributed by atoms with Gasteiger partial charge in [0.05, 0.1) is 5.69 Å². The quantitative estimate of drug-likeness (QED) is 0.524. The van der Waals surface area contributed by atoms with Crippen molar-refractivity contribution < 1.29 is 9.59 Å². The number of anilines is 1. The molecular weight excluding hydrogens is 332 g/mol. The van der Waals surface area contributed by atoms with Gasteiger partial charge in [0, 0.05) is 0 Å². The number of amides is 2. The van der Waals surface area contributed by atoms with Crippen molar-refractivity contribution in [2.24, 2.45) is 0 Å². The van der Waals surface area contributed by atoms with E-state index in [0.29, 0.717) is 5.69 Å². The first-order valence-electron chi connectivity index (χ1n) is 8.06. The Bertz CT molecular complexity index is 868. The highest BCUT2D eigenvalue weighted by Crippen LogP contribution is 2.22. The van der Waals surface area contributed by atoms with Gasteiger partial charge in [-0.2, -0.15) is 0 Å². The Morgan fingerprint density at radius 1 is 1.04 bits per heavy atom. The van der Waals surface area contributed by atoms with Crippen molar-refractivity contribution in [2.75, 3.05) is 4.90 Å². The molecule has 1 heterocycles. The van der Waals surface area contributed by atoms with Gasteiger partial charge in [0.25, 0.3) is 11.8 Å². The lowest BCUT2D eigenvalue weighted by atomic mass is 10.1. The molecule has 4 nitrogen and oxygen atoms in total. The Morgan fingerprint density at radius 2 is 1.68 bits per heavy atom. The van der Waals surface area contributed by atoms with Gasteiger partial charge in [-0.3, -0.25) is 19.8 Å². The van der Waals surface area contributed by atoms with E-state index in [-0.39, 0.29) is 10.7 Å². The highest BCUT2D eigenvalue weighted by atomic mass is 32.1. The van der Waals surface area contributed by atoms with Gasteiger partial charge in [-0.05, 0) is 54.9 Å². The number of thiocarbonyl (C=S) groups is 1. The third-order valence-electron chi connectivity index (χ3n) is 4.09. The van der Waals surface area contributed by atoms with Crippen LogP contribution in [0.5, 0.6) is 0 Å². The molecule has 5 heteroatoms. The van der Waals surface area contributed by atoms with Gasteiger partial charge >= 0.3 is 0 Å². The van der Waals surface area contributed by atoms with E-state index < -0.39 is 11.8 Å². The molecule has 0 unspecified atom stereocenters. The van der Waals surface area contributed by atoms with Crippen LogP contribution >= 0.6 is 12.2 Å². The smallest absolute Gasteiger partial charge is 0.270 e. The first kappa shape index (κ1) is 17.0. The highest BCUT2D eigenvalue weighted by Gasteiger charge is 2.34. The van der Waals surface area contributed by atoms with Crippen LogP contribution < -0.4 is 10.2 Å². The molecular formula is C20H18N2O2S. The second-order valence-corrected chi connectivity index (χ2v) is 6.28. The minimum absolute atomic E-state index is 0.0667. The fraction of sp³-hybridized carbons (Fsp3) is 0.150. The summed E-state index contributed by atoms with van der Waals surface area (Å²) in [5.41, 5.74) is 3.77. The van der Waals surface area contributed by atoms with Crippen LogP contribution in [-0.2, 0) is 16.0 Å². The third kappa shape index (κ3) is 3.51. The van der Waals surface area contributed by atoms with Crippen molar-refractivity contribution in [2.45, 2.75) is 20.3 Å². The topological polar surface area (TPSA) is 49.4 Å². The number of hydrogen-bond acceptors (Lipinski definition) is 3. The molecule has 0 atom stereocenters. The van der Waals surface area contributed by atoms with Gasteiger partial charge < -0.3 is 0 Å². The van der Waals surface area contributed by atoms with E-state index in [2.05, 4.69) is 12.2 Å². The zero-order chi connectivity index (χ0) is 18.0. The van der Waals surface area contributed by atoms with Crippen LogP contribution in [0.2, 0.25) is 0 Å². The van der Waals surface area contributed by atoms with Crippen LogP contribution in [0.15, 0.2) is 54.1 Å². The van der Waals surface area contributed by atoms with Crippen molar-refractivity contribution in [1.29, 1.82) is 0 Å². The zero-order valence-corrected chi connectivity index (χ0v) is 14.9. The predicted octanol–water partition coefficient (Wildman–Crippen LogP) is 3.39. The molecule has 0 spiro atoms. The summed E-state index contributed by atoms with van der Waals surface area (Å²) in [5, 5.41) is 2.70. The predicted molar refractivity (Wildman–Crippen MR) is 103 cm³/mol. The fourth-order valence-electron chi connectivity index (χ4n) is 2.60. The Labute approximate surface area is 152 Å². The third-order valence-corrected chi connectivity index (χ3v) is 4.38. The first-order chi connectivity index (χ1) is 12.0. The minimum atomic E-state index is -0.475. The van der Waals surface area contributed by atoms with E-state index in [4.69, 9.17) is 12.2 Å². The van der Waals surface area contributed by atoms with Gasteiger partial charge in [0.15, 0.2) is 5.11 Å². The van der Waals surface area contributed by atoms with Crippen molar-refractivity contribution in [1.82, 2.24) is 5.32 Å². The largest absolute Gasteiger partial charge is 0.298 e. The molecule has 126 valence electrons. The second kappa shape index (κ2) is 6.99. The molecule has 0 saturated carbocycles. The zero-order valence-electron chi connectivity index (χ0n) is 14.1. The fourth-order valence-corrected chi connectivity index (χ4v) is 2.88. The van der Waals surface area contributed by atoms with Gasteiger partial charge in [0.2, 0.25) is 0 Å². The van der Waals surface area contributed by atoms with Crippen LogP contribution in [0.1, 0.15) is 23.6 Å². The monoisotopic (exact) mass is 350 g/mol. The molecule has 2 aromatic rings. The summed E-state index contributed by atoms with van der Waals surface area (Å²) in [4.78, 5) is 26.5. The lowest BCUT2D eigenvalue weighted by Gasteiger charge is -2.29. The number of hydrogen-bond donors (Lipinski definition) is 1. The maximum Gasteiger partial charge on any atom is 0.270 e. The van der Waals surface area contributed by atoms with E-state index in [1.54, 1.807) is 6.08 Å². The van der Waals surface area contributed by atoms with Gasteiger partial charge in [0.1, 0.15) is 5.57 Å². The lowest BCUT2D eigenvalue weighted by Crippen LogP contribution is -2.54. The molecule has 1 aliphatic heterocycles. The van der Waals surface area contributed by atoms with Gasteiger partial charge in [-0.15, -0.1) is 0 Å². The minimum Gasteiger partial charge on any atom is -0.298 e. The number of rotatable bonds is 3. The molecule has 0 radical (unpaired) electrons. The molecule has 0 aromatic heterocycles.